The first-order valence-corrected chi connectivity index (χ1v) is 8.55. The first-order chi connectivity index (χ1) is 10.1. The lowest BCUT2D eigenvalue weighted by atomic mass is 9.96. The van der Waals surface area contributed by atoms with Crippen LogP contribution in [0.1, 0.15) is 45.6 Å². The van der Waals surface area contributed by atoms with Crippen molar-refractivity contribution in [2.24, 2.45) is 5.92 Å². The summed E-state index contributed by atoms with van der Waals surface area (Å²) in [6, 6.07) is 8.71. The molecule has 0 amide bonds. The van der Waals surface area contributed by atoms with E-state index in [1.54, 1.807) is 0 Å². The third-order valence-electron chi connectivity index (χ3n) is 3.54. The minimum atomic E-state index is 0.521. The van der Waals surface area contributed by atoms with Gasteiger partial charge in [-0.2, -0.15) is 0 Å². The van der Waals surface area contributed by atoms with Gasteiger partial charge >= 0.3 is 0 Å². The highest BCUT2D eigenvalue weighted by Gasteiger charge is 2.11. The quantitative estimate of drug-likeness (QED) is 0.598. The van der Waals surface area contributed by atoms with E-state index in [0.29, 0.717) is 12.0 Å². The lowest BCUT2D eigenvalue weighted by Crippen LogP contribution is -2.30. The van der Waals surface area contributed by atoms with Gasteiger partial charge in [-0.25, -0.2) is 0 Å². The number of rotatable bonds is 11. The molecule has 1 unspecified atom stereocenters. The molecule has 0 fully saturated rings. The highest BCUT2D eigenvalue weighted by atomic mass is 35.5. The summed E-state index contributed by atoms with van der Waals surface area (Å²) < 4.78 is 5.72. The summed E-state index contributed by atoms with van der Waals surface area (Å²) in [5.74, 6) is 0.590. The van der Waals surface area contributed by atoms with Crippen LogP contribution in [0.15, 0.2) is 24.3 Å². The molecule has 0 heterocycles. The van der Waals surface area contributed by atoms with E-state index in [9.17, 15) is 0 Å². The van der Waals surface area contributed by atoms with Crippen LogP contribution in [0, 0.1) is 5.92 Å². The Hall–Kier alpha value is -0.570. The molecule has 0 bridgehead atoms. The second-order valence-corrected chi connectivity index (χ2v) is 6.45. The third kappa shape index (κ3) is 9.13. The van der Waals surface area contributed by atoms with Crippen molar-refractivity contribution in [3.63, 3.8) is 0 Å². The van der Waals surface area contributed by atoms with Gasteiger partial charge in [-0.05, 0) is 49.4 Å². The standard InChI is InChI=1S/C18H30ClNO/c1-4-5-10-21-11-9-17(14-20-15(2)3)12-16-7-6-8-18(19)13-16/h6-8,13,15,17,20H,4-5,9-12,14H2,1-3H3. The van der Waals surface area contributed by atoms with Gasteiger partial charge in [-0.3, -0.25) is 0 Å². The molecule has 0 aliphatic carbocycles. The molecule has 2 nitrogen and oxygen atoms in total. The molecule has 0 aromatic heterocycles. The Labute approximate surface area is 135 Å². The Morgan fingerprint density at radius 1 is 1.24 bits per heavy atom. The van der Waals surface area contributed by atoms with Crippen LogP contribution in [0.2, 0.25) is 5.02 Å². The summed E-state index contributed by atoms with van der Waals surface area (Å²) in [4.78, 5) is 0. The first kappa shape index (κ1) is 18.5. The average molecular weight is 312 g/mol. The van der Waals surface area contributed by atoms with Crippen LogP contribution in [0.25, 0.3) is 0 Å². The largest absolute Gasteiger partial charge is 0.381 e. The van der Waals surface area contributed by atoms with Gasteiger partial charge in [-0.15, -0.1) is 0 Å². The van der Waals surface area contributed by atoms with Crippen molar-refractivity contribution in [2.45, 2.75) is 52.5 Å². The van der Waals surface area contributed by atoms with Crippen LogP contribution in [-0.4, -0.2) is 25.8 Å². The molecule has 0 aliphatic heterocycles. The molecule has 120 valence electrons. The summed E-state index contributed by atoms with van der Waals surface area (Å²) in [6.07, 6.45) is 4.50. The van der Waals surface area contributed by atoms with Crippen molar-refractivity contribution >= 4 is 11.6 Å². The van der Waals surface area contributed by atoms with Gasteiger partial charge < -0.3 is 10.1 Å². The number of nitrogens with one attached hydrogen (secondary N) is 1. The van der Waals surface area contributed by atoms with Gasteiger partial charge in [0.1, 0.15) is 0 Å². The zero-order valence-electron chi connectivity index (χ0n) is 13.7. The normalized spacial score (nSPS) is 12.8. The Kier molecular flexibility index (Phi) is 9.73. The Bertz CT molecular complexity index is 381. The molecule has 0 spiro atoms. The van der Waals surface area contributed by atoms with Crippen molar-refractivity contribution < 1.29 is 4.74 Å². The predicted molar refractivity (Wildman–Crippen MR) is 92.1 cm³/mol. The maximum Gasteiger partial charge on any atom is 0.0469 e. The monoisotopic (exact) mass is 311 g/mol. The molecule has 1 rings (SSSR count). The van der Waals surface area contributed by atoms with Crippen molar-refractivity contribution in [3.05, 3.63) is 34.9 Å². The van der Waals surface area contributed by atoms with Crippen LogP contribution in [-0.2, 0) is 11.2 Å². The Morgan fingerprint density at radius 2 is 2.05 bits per heavy atom. The number of ether oxygens (including phenoxy) is 1. The molecule has 3 heteroatoms. The molecule has 0 radical (unpaired) electrons. The number of unbranched alkanes of at least 4 members (excludes halogenated alkanes) is 1. The fourth-order valence-electron chi connectivity index (χ4n) is 2.27. The topological polar surface area (TPSA) is 21.3 Å². The molecule has 1 aromatic rings. The van der Waals surface area contributed by atoms with Crippen LogP contribution in [0.4, 0.5) is 0 Å². The smallest absolute Gasteiger partial charge is 0.0469 e. The fraction of sp³-hybridized carbons (Fsp3) is 0.667. The van der Waals surface area contributed by atoms with Crippen LogP contribution < -0.4 is 5.32 Å². The lowest BCUT2D eigenvalue weighted by molar-refractivity contribution is 0.116. The maximum absolute atomic E-state index is 6.08. The van der Waals surface area contributed by atoms with Crippen molar-refractivity contribution in [1.82, 2.24) is 5.32 Å². The van der Waals surface area contributed by atoms with Gasteiger partial charge in [0.15, 0.2) is 0 Å². The zero-order chi connectivity index (χ0) is 15.5. The average Bonchev–Trinajstić information content (AvgIpc) is 2.44. The van der Waals surface area contributed by atoms with Gasteiger partial charge in [0.2, 0.25) is 0 Å². The highest BCUT2D eigenvalue weighted by Crippen LogP contribution is 2.16. The second kappa shape index (κ2) is 11.1. The van der Waals surface area contributed by atoms with Crippen LogP contribution in [0.5, 0.6) is 0 Å². The summed E-state index contributed by atoms with van der Waals surface area (Å²) in [5.41, 5.74) is 1.31. The minimum Gasteiger partial charge on any atom is -0.381 e. The number of hydrogen-bond donors (Lipinski definition) is 1. The molecule has 0 aliphatic rings. The minimum absolute atomic E-state index is 0.521. The molecule has 1 N–H and O–H groups in total. The van der Waals surface area contributed by atoms with Gasteiger partial charge in [0, 0.05) is 24.3 Å². The summed E-state index contributed by atoms with van der Waals surface area (Å²) in [6.45, 7) is 9.34. The van der Waals surface area contributed by atoms with E-state index in [1.165, 1.54) is 12.0 Å². The highest BCUT2D eigenvalue weighted by molar-refractivity contribution is 6.30. The lowest BCUT2D eigenvalue weighted by Gasteiger charge is -2.19. The van der Waals surface area contributed by atoms with E-state index in [0.717, 1.165) is 44.0 Å². The number of benzene rings is 1. The summed E-state index contributed by atoms with van der Waals surface area (Å²) in [5, 5.41) is 4.37. The zero-order valence-corrected chi connectivity index (χ0v) is 14.5. The third-order valence-corrected chi connectivity index (χ3v) is 3.78. The molecular formula is C18H30ClNO. The number of halogens is 1. The summed E-state index contributed by atoms with van der Waals surface area (Å²) in [7, 11) is 0. The first-order valence-electron chi connectivity index (χ1n) is 8.17. The molecular weight excluding hydrogens is 282 g/mol. The van der Waals surface area contributed by atoms with Gasteiger partial charge in [0.05, 0.1) is 0 Å². The van der Waals surface area contributed by atoms with Gasteiger partial charge in [-0.1, -0.05) is 50.9 Å². The van der Waals surface area contributed by atoms with Gasteiger partial charge in [0.25, 0.3) is 0 Å². The maximum atomic E-state index is 6.08. The Balaban J connectivity index is 2.43. The van der Waals surface area contributed by atoms with Crippen LogP contribution >= 0.6 is 11.6 Å². The number of hydrogen-bond acceptors (Lipinski definition) is 2. The molecule has 0 saturated carbocycles. The van der Waals surface area contributed by atoms with E-state index in [-0.39, 0.29) is 0 Å². The second-order valence-electron chi connectivity index (χ2n) is 6.02. The van der Waals surface area contributed by atoms with Crippen LogP contribution in [0.3, 0.4) is 0 Å². The van der Waals surface area contributed by atoms with E-state index >= 15 is 0 Å². The van der Waals surface area contributed by atoms with E-state index in [2.05, 4.69) is 38.2 Å². The predicted octanol–water partition coefficient (Wildman–Crippen LogP) is 4.70. The molecule has 21 heavy (non-hydrogen) atoms. The Morgan fingerprint density at radius 3 is 2.71 bits per heavy atom. The van der Waals surface area contributed by atoms with Crippen molar-refractivity contribution in [3.8, 4) is 0 Å². The van der Waals surface area contributed by atoms with E-state index < -0.39 is 0 Å². The SMILES string of the molecule is CCCCOCCC(CNC(C)C)Cc1cccc(Cl)c1. The van der Waals surface area contributed by atoms with E-state index in [4.69, 9.17) is 16.3 Å². The van der Waals surface area contributed by atoms with Crippen molar-refractivity contribution in [1.29, 1.82) is 0 Å². The van der Waals surface area contributed by atoms with E-state index in [1.807, 2.05) is 12.1 Å². The molecule has 1 atom stereocenters. The fourth-order valence-corrected chi connectivity index (χ4v) is 2.49. The van der Waals surface area contributed by atoms with Crippen molar-refractivity contribution in [2.75, 3.05) is 19.8 Å². The summed E-state index contributed by atoms with van der Waals surface area (Å²) >= 11 is 6.08. The molecule has 1 aromatic carbocycles. The molecule has 0 saturated heterocycles.